The van der Waals surface area contributed by atoms with E-state index < -0.39 is 0 Å². The molecule has 0 saturated carbocycles. The van der Waals surface area contributed by atoms with Crippen LogP contribution < -0.4 is 0 Å². The van der Waals surface area contributed by atoms with Crippen LogP contribution in [0.5, 0.6) is 0 Å². The second kappa shape index (κ2) is 6.75. The molecule has 0 unspecified atom stereocenters. The maximum Gasteiger partial charge on any atom is 0.143 e. The quantitative estimate of drug-likeness (QED) is 0.247. The SMILES string of the molecule is c1ccc2c(c1)Sc1ccc(-c3cccc4oc5c6ccccc6ccc5c34)c3cccc-2c13. The Morgan fingerprint density at radius 2 is 1.21 bits per heavy atom. The minimum Gasteiger partial charge on any atom is -0.455 e. The first-order chi connectivity index (χ1) is 16.9. The van der Waals surface area contributed by atoms with Crippen molar-refractivity contribution in [2.24, 2.45) is 0 Å². The number of hydrogen-bond acceptors (Lipinski definition) is 2. The second-order valence-electron chi connectivity index (χ2n) is 8.88. The van der Waals surface area contributed by atoms with Crippen LogP contribution in [0.25, 0.3) is 65.7 Å². The largest absolute Gasteiger partial charge is 0.455 e. The molecule has 8 rings (SSSR count). The molecule has 1 aliphatic rings. The molecule has 1 aromatic heterocycles. The lowest BCUT2D eigenvalue weighted by Crippen LogP contribution is -1.94. The van der Waals surface area contributed by atoms with Gasteiger partial charge in [-0.2, -0.15) is 0 Å². The molecule has 0 atom stereocenters. The summed E-state index contributed by atoms with van der Waals surface area (Å²) in [6, 6.07) is 39.3. The van der Waals surface area contributed by atoms with Crippen molar-refractivity contribution in [1.29, 1.82) is 0 Å². The summed E-state index contributed by atoms with van der Waals surface area (Å²) in [6.45, 7) is 0. The fourth-order valence-electron chi connectivity index (χ4n) is 5.59. The third-order valence-corrected chi connectivity index (χ3v) is 8.21. The lowest BCUT2D eigenvalue weighted by Gasteiger charge is -2.21. The molecule has 34 heavy (non-hydrogen) atoms. The van der Waals surface area contributed by atoms with E-state index in [1.165, 1.54) is 59.0 Å². The van der Waals surface area contributed by atoms with Crippen molar-refractivity contribution in [1.82, 2.24) is 0 Å². The molecule has 0 bridgehead atoms. The van der Waals surface area contributed by atoms with Gasteiger partial charge in [0, 0.05) is 31.3 Å². The summed E-state index contributed by atoms with van der Waals surface area (Å²) in [5, 5.41) is 7.36. The number of furan rings is 1. The lowest BCUT2D eigenvalue weighted by atomic mass is 9.90. The molecule has 0 saturated heterocycles. The molecule has 0 fully saturated rings. The van der Waals surface area contributed by atoms with Gasteiger partial charge in [0.2, 0.25) is 0 Å². The standard InChI is InChI=1S/C32H18OS/c1-2-8-20-19(7-1)15-16-26-30-23(12-6-13-27(30)33-32(20)26)21-17-18-29-31-24(21)10-5-11-25(31)22-9-3-4-14-28(22)34-29/h1-18H. The van der Waals surface area contributed by atoms with Crippen LogP contribution in [0.2, 0.25) is 0 Å². The molecular weight excluding hydrogens is 432 g/mol. The zero-order chi connectivity index (χ0) is 22.2. The van der Waals surface area contributed by atoms with Gasteiger partial charge in [0.05, 0.1) is 0 Å². The molecule has 0 amide bonds. The molecule has 7 aromatic rings. The van der Waals surface area contributed by atoms with Crippen molar-refractivity contribution >= 4 is 55.2 Å². The van der Waals surface area contributed by atoms with E-state index in [-0.39, 0.29) is 0 Å². The van der Waals surface area contributed by atoms with Gasteiger partial charge in [0.1, 0.15) is 11.2 Å². The number of rotatable bonds is 1. The van der Waals surface area contributed by atoms with Crippen LogP contribution in [-0.2, 0) is 0 Å². The van der Waals surface area contributed by atoms with Gasteiger partial charge in [-0.25, -0.2) is 0 Å². The first kappa shape index (κ1) is 18.4. The van der Waals surface area contributed by atoms with Gasteiger partial charge < -0.3 is 4.42 Å². The monoisotopic (exact) mass is 450 g/mol. The van der Waals surface area contributed by atoms with Gasteiger partial charge in [-0.15, -0.1) is 0 Å². The summed E-state index contributed by atoms with van der Waals surface area (Å²) >= 11 is 1.87. The topological polar surface area (TPSA) is 13.1 Å². The predicted octanol–water partition coefficient (Wildman–Crippen LogP) is 9.69. The summed E-state index contributed by atoms with van der Waals surface area (Å²) in [5.41, 5.74) is 7.01. The lowest BCUT2D eigenvalue weighted by molar-refractivity contribution is 0.673. The Hall–Kier alpha value is -4.01. The van der Waals surface area contributed by atoms with Crippen molar-refractivity contribution < 1.29 is 4.42 Å². The van der Waals surface area contributed by atoms with Crippen LogP contribution in [0.1, 0.15) is 0 Å². The third kappa shape index (κ3) is 2.41. The van der Waals surface area contributed by atoms with Gasteiger partial charge in [-0.05, 0) is 57.3 Å². The Bertz CT molecular complexity index is 1940. The van der Waals surface area contributed by atoms with Crippen LogP contribution in [0.15, 0.2) is 123 Å². The fourth-order valence-corrected chi connectivity index (χ4v) is 6.72. The highest BCUT2D eigenvalue weighted by Gasteiger charge is 2.22. The number of fused-ring (bicyclic) bond motifs is 7. The predicted molar refractivity (Wildman–Crippen MR) is 144 cm³/mol. The van der Waals surface area contributed by atoms with Crippen molar-refractivity contribution in [3.63, 3.8) is 0 Å². The Kier molecular flexibility index (Phi) is 3.66. The molecule has 1 aliphatic heterocycles. The third-order valence-electron chi connectivity index (χ3n) is 7.08. The molecule has 2 heterocycles. The van der Waals surface area contributed by atoms with E-state index in [1.54, 1.807) is 0 Å². The average Bonchev–Trinajstić information content (AvgIpc) is 3.29. The van der Waals surface area contributed by atoms with E-state index in [1.807, 2.05) is 11.8 Å². The second-order valence-corrected chi connectivity index (χ2v) is 9.97. The highest BCUT2D eigenvalue weighted by Crippen LogP contribution is 2.50. The molecular formula is C32H18OS. The first-order valence-electron chi connectivity index (χ1n) is 11.5. The van der Waals surface area contributed by atoms with Crippen LogP contribution in [0, 0.1) is 0 Å². The zero-order valence-corrected chi connectivity index (χ0v) is 19.0. The van der Waals surface area contributed by atoms with Gasteiger partial charge in [0.15, 0.2) is 0 Å². The summed E-state index contributed by atoms with van der Waals surface area (Å²) < 4.78 is 6.46. The van der Waals surface area contributed by atoms with Gasteiger partial charge in [-0.1, -0.05) is 96.7 Å². The molecule has 0 spiro atoms. The van der Waals surface area contributed by atoms with Crippen LogP contribution in [0.3, 0.4) is 0 Å². The van der Waals surface area contributed by atoms with E-state index >= 15 is 0 Å². The molecule has 2 heteroatoms. The maximum atomic E-state index is 6.46. The minimum atomic E-state index is 0.934. The molecule has 0 N–H and O–H groups in total. The van der Waals surface area contributed by atoms with E-state index in [0.717, 1.165) is 16.6 Å². The van der Waals surface area contributed by atoms with E-state index in [4.69, 9.17) is 4.42 Å². The van der Waals surface area contributed by atoms with Crippen molar-refractivity contribution in [3.8, 4) is 22.3 Å². The summed E-state index contributed by atoms with van der Waals surface area (Å²) in [5.74, 6) is 0. The highest BCUT2D eigenvalue weighted by atomic mass is 32.2. The normalized spacial score (nSPS) is 12.6. The zero-order valence-electron chi connectivity index (χ0n) is 18.2. The molecule has 0 radical (unpaired) electrons. The van der Waals surface area contributed by atoms with Gasteiger partial charge in [0.25, 0.3) is 0 Å². The van der Waals surface area contributed by atoms with Gasteiger partial charge >= 0.3 is 0 Å². The van der Waals surface area contributed by atoms with E-state index in [2.05, 4.69) is 109 Å². The summed E-state index contributed by atoms with van der Waals surface area (Å²) in [7, 11) is 0. The summed E-state index contributed by atoms with van der Waals surface area (Å²) in [6.07, 6.45) is 0. The highest BCUT2D eigenvalue weighted by molar-refractivity contribution is 7.99. The Morgan fingerprint density at radius 3 is 2.18 bits per heavy atom. The number of benzene rings is 6. The van der Waals surface area contributed by atoms with Crippen molar-refractivity contribution in [3.05, 3.63) is 109 Å². The van der Waals surface area contributed by atoms with Crippen LogP contribution in [-0.4, -0.2) is 0 Å². The Balaban J connectivity index is 1.48. The van der Waals surface area contributed by atoms with Crippen LogP contribution >= 0.6 is 11.8 Å². The van der Waals surface area contributed by atoms with Crippen molar-refractivity contribution in [2.45, 2.75) is 9.79 Å². The molecule has 0 aliphatic carbocycles. The Morgan fingerprint density at radius 1 is 0.441 bits per heavy atom. The van der Waals surface area contributed by atoms with Gasteiger partial charge in [-0.3, -0.25) is 0 Å². The van der Waals surface area contributed by atoms with E-state index in [9.17, 15) is 0 Å². The van der Waals surface area contributed by atoms with Crippen molar-refractivity contribution in [2.75, 3.05) is 0 Å². The number of hydrogen-bond donors (Lipinski definition) is 0. The minimum absolute atomic E-state index is 0.934. The Labute approximate surface area is 200 Å². The maximum absolute atomic E-state index is 6.46. The van der Waals surface area contributed by atoms with E-state index in [0.29, 0.717) is 0 Å². The molecule has 1 nitrogen and oxygen atoms in total. The first-order valence-corrected chi connectivity index (χ1v) is 12.3. The molecule has 158 valence electrons. The smallest absolute Gasteiger partial charge is 0.143 e. The molecule has 6 aromatic carbocycles. The fraction of sp³-hybridized carbons (Fsp3) is 0. The van der Waals surface area contributed by atoms with Crippen LogP contribution in [0.4, 0.5) is 0 Å². The summed E-state index contributed by atoms with van der Waals surface area (Å²) in [4.78, 5) is 2.65. The average molecular weight is 451 g/mol.